The molecule has 0 bridgehead atoms. The van der Waals surface area contributed by atoms with Gasteiger partial charge in [0.1, 0.15) is 6.33 Å². The predicted octanol–water partition coefficient (Wildman–Crippen LogP) is 4.07. The molecule has 26 heavy (non-hydrogen) atoms. The Morgan fingerprint density at radius 2 is 1.15 bits per heavy atom. The third-order valence-corrected chi connectivity index (χ3v) is 3.65. The van der Waals surface area contributed by atoms with Crippen molar-refractivity contribution in [3.05, 3.63) is 91.3 Å². The predicted molar refractivity (Wildman–Crippen MR) is 106 cm³/mol. The standard InChI is InChI=1S/C19H15N3.2FH.H2OS/c1-3-9-16(10-4-1)22(17-11-5-2-6-12-17)21-15-20-18-13-7-8-14-19(18)21;;;1-2/h1-15H;2*1H;2H2. The quantitative estimate of drug-likeness (QED) is 0.542. The van der Waals surface area contributed by atoms with Crippen LogP contribution < -0.4 is 5.01 Å². The molecule has 0 aliphatic rings. The Morgan fingerprint density at radius 3 is 1.69 bits per heavy atom. The summed E-state index contributed by atoms with van der Waals surface area (Å²) in [5.74, 6) is 0. The number of benzene rings is 3. The van der Waals surface area contributed by atoms with Crippen LogP contribution in [0.15, 0.2) is 91.3 Å². The number of rotatable bonds is 3. The first kappa shape index (κ1) is 21.0. The lowest BCUT2D eigenvalue weighted by atomic mass is 10.2. The van der Waals surface area contributed by atoms with E-state index in [1.807, 2.05) is 60.9 Å². The van der Waals surface area contributed by atoms with E-state index in [2.05, 4.69) is 45.0 Å². The zero-order valence-electron chi connectivity index (χ0n) is 13.7. The largest absolute Gasteiger partial charge is 0.269 e. The molecule has 0 N–H and O–H groups in total. The van der Waals surface area contributed by atoms with Crippen LogP contribution in [0.2, 0.25) is 0 Å². The molecule has 4 rings (SSSR count). The van der Waals surface area contributed by atoms with E-state index in [1.54, 1.807) is 12.5 Å². The lowest BCUT2D eigenvalue weighted by molar-refractivity contribution is 0.702. The number of hydrogen-bond donors (Lipinski definition) is 0. The normalized spacial score (nSPS) is 9.27. The topological polar surface area (TPSA) is 38.1 Å². The zero-order chi connectivity index (χ0) is 16.8. The van der Waals surface area contributed by atoms with Crippen molar-refractivity contribution in [3.63, 3.8) is 0 Å². The van der Waals surface area contributed by atoms with Gasteiger partial charge in [-0.1, -0.05) is 48.5 Å². The molecule has 1 heterocycles. The number of anilines is 2. The van der Waals surface area contributed by atoms with Crippen molar-refractivity contribution in [2.24, 2.45) is 0 Å². The average Bonchev–Trinajstić information content (AvgIpc) is 3.09. The van der Waals surface area contributed by atoms with Crippen LogP contribution in [0.1, 0.15) is 0 Å². The van der Waals surface area contributed by atoms with Gasteiger partial charge in [0.15, 0.2) is 0 Å². The van der Waals surface area contributed by atoms with Crippen LogP contribution in [-0.2, 0) is 12.5 Å². The van der Waals surface area contributed by atoms with Crippen LogP contribution >= 0.6 is 0 Å². The average molecular weight is 375 g/mol. The maximum atomic E-state index is 8.06. The summed E-state index contributed by atoms with van der Waals surface area (Å²) < 4.78 is 10.1. The summed E-state index contributed by atoms with van der Waals surface area (Å²) in [6.07, 6.45) is 1.87. The number of aromatic nitrogens is 2. The van der Waals surface area contributed by atoms with Crippen molar-refractivity contribution in [2.75, 3.05) is 5.01 Å². The van der Waals surface area contributed by atoms with Gasteiger partial charge in [-0.3, -0.25) is 13.6 Å². The van der Waals surface area contributed by atoms with Crippen molar-refractivity contribution in [3.8, 4) is 0 Å². The second-order valence-corrected chi connectivity index (χ2v) is 5.06. The Labute approximate surface area is 154 Å². The van der Waals surface area contributed by atoms with E-state index in [0.29, 0.717) is 0 Å². The van der Waals surface area contributed by atoms with E-state index in [4.69, 9.17) is 4.21 Å². The molecule has 0 fully saturated rings. The van der Waals surface area contributed by atoms with E-state index in [9.17, 15) is 0 Å². The Bertz CT molecular complexity index is 880. The summed E-state index contributed by atoms with van der Waals surface area (Å²) in [6.45, 7) is 0. The van der Waals surface area contributed by atoms with Gasteiger partial charge in [-0.25, -0.2) is 14.7 Å². The van der Waals surface area contributed by atoms with Gasteiger partial charge in [-0.05, 0) is 48.9 Å². The maximum Gasteiger partial charge on any atom is 0.116 e. The first-order chi connectivity index (χ1) is 11.9. The number of fused-ring (bicyclic) bond motifs is 1. The molecule has 4 nitrogen and oxygen atoms in total. The zero-order valence-corrected chi connectivity index (χ0v) is 14.7. The maximum absolute atomic E-state index is 8.06. The summed E-state index contributed by atoms with van der Waals surface area (Å²) in [7, 11) is 0. The second-order valence-electron chi connectivity index (χ2n) is 5.06. The van der Waals surface area contributed by atoms with Crippen molar-refractivity contribution in [1.82, 2.24) is 9.66 Å². The van der Waals surface area contributed by atoms with Crippen LogP contribution in [0.3, 0.4) is 0 Å². The summed E-state index contributed by atoms with van der Waals surface area (Å²) in [4.78, 5) is 4.51. The molecule has 0 unspecified atom stereocenters. The van der Waals surface area contributed by atoms with Crippen LogP contribution in [0, 0.1) is 0 Å². The molecule has 7 heteroatoms. The monoisotopic (exact) mass is 375 g/mol. The first-order valence-electron chi connectivity index (χ1n) is 7.46. The molecular formula is C19H19F2N3OS. The Hall–Kier alpha value is -3.06. The third-order valence-electron chi connectivity index (χ3n) is 3.65. The fourth-order valence-corrected chi connectivity index (χ4v) is 2.64. The highest BCUT2D eigenvalue weighted by Crippen LogP contribution is 2.28. The fraction of sp³-hybridized carbons (Fsp3) is 0. The highest BCUT2D eigenvalue weighted by Gasteiger charge is 2.13. The van der Waals surface area contributed by atoms with Crippen molar-refractivity contribution in [1.29, 1.82) is 0 Å². The van der Waals surface area contributed by atoms with E-state index < -0.39 is 0 Å². The number of hydrogen-bond acceptors (Lipinski definition) is 3. The van der Waals surface area contributed by atoms with Gasteiger partial charge >= 0.3 is 0 Å². The molecule has 0 saturated heterocycles. The van der Waals surface area contributed by atoms with Gasteiger partial charge in [0.2, 0.25) is 0 Å². The molecule has 0 spiro atoms. The summed E-state index contributed by atoms with van der Waals surface area (Å²) >= 11 is 1.72. The van der Waals surface area contributed by atoms with Gasteiger partial charge in [-0.15, -0.1) is 0 Å². The molecule has 136 valence electrons. The van der Waals surface area contributed by atoms with E-state index in [-0.39, 0.29) is 9.41 Å². The third kappa shape index (κ3) is 4.12. The SMILES string of the molecule is F.F.O=[SH2].c1ccc(N(c2ccccc2)n2cnc3ccccc32)cc1. The lowest BCUT2D eigenvalue weighted by Crippen LogP contribution is -2.23. The highest BCUT2D eigenvalue weighted by atomic mass is 32.1. The molecular weight excluding hydrogens is 356 g/mol. The van der Waals surface area contributed by atoms with Crippen LogP contribution in [0.5, 0.6) is 0 Å². The molecule has 0 aliphatic heterocycles. The molecule has 0 saturated carbocycles. The summed E-state index contributed by atoms with van der Waals surface area (Å²) in [6, 6.07) is 28.8. The minimum Gasteiger partial charge on any atom is -0.269 e. The minimum absolute atomic E-state index is 0. The van der Waals surface area contributed by atoms with Gasteiger partial charge in [0.05, 0.1) is 22.4 Å². The summed E-state index contributed by atoms with van der Waals surface area (Å²) in [5.41, 5.74) is 4.25. The van der Waals surface area contributed by atoms with Crippen LogP contribution in [-0.4, -0.2) is 13.9 Å². The van der Waals surface area contributed by atoms with Gasteiger partial charge in [0.25, 0.3) is 0 Å². The van der Waals surface area contributed by atoms with Crippen molar-refractivity contribution >= 4 is 34.9 Å². The smallest absolute Gasteiger partial charge is 0.116 e. The number of nitrogens with zero attached hydrogens (tertiary/aromatic N) is 3. The molecule has 0 amide bonds. The van der Waals surface area contributed by atoms with Gasteiger partial charge in [-0.2, -0.15) is 0 Å². The van der Waals surface area contributed by atoms with Crippen LogP contribution in [0.4, 0.5) is 20.8 Å². The second kappa shape index (κ2) is 10.0. The van der Waals surface area contributed by atoms with E-state index in [1.165, 1.54) is 0 Å². The van der Waals surface area contributed by atoms with Gasteiger partial charge < -0.3 is 0 Å². The van der Waals surface area contributed by atoms with Crippen molar-refractivity contribution in [2.45, 2.75) is 0 Å². The molecule has 1 aromatic heterocycles. The Balaban J connectivity index is 0.000000818. The van der Waals surface area contributed by atoms with Crippen LogP contribution in [0.25, 0.3) is 11.0 Å². The van der Waals surface area contributed by atoms with E-state index >= 15 is 0 Å². The highest BCUT2D eigenvalue weighted by molar-refractivity contribution is 7.44. The number of halogens is 2. The number of para-hydroxylation sites is 4. The summed E-state index contributed by atoms with van der Waals surface area (Å²) in [5, 5.41) is 2.16. The molecule has 0 radical (unpaired) electrons. The Morgan fingerprint density at radius 1 is 0.692 bits per heavy atom. The fourth-order valence-electron chi connectivity index (χ4n) is 2.64. The van der Waals surface area contributed by atoms with Gasteiger partial charge in [0, 0.05) is 0 Å². The molecule has 0 atom stereocenters. The first-order valence-corrected chi connectivity index (χ1v) is 7.87. The molecule has 4 aromatic rings. The van der Waals surface area contributed by atoms with Crippen molar-refractivity contribution < 1.29 is 13.6 Å². The minimum atomic E-state index is 0. The Kier molecular flexibility index (Phi) is 8.11. The lowest BCUT2D eigenvalue weighted by Gasteiger charge is -2.26. The number of imidazole rings is 1. The molecule has 3 aromatic carbocycles. The molecule has 0 aliphatic carbocycles. The van der Waals surface area contributed by atoms with E-state index in [0.717, 1.165) is 22.4 Å².